The number of alkyl halides is 2. The number of carbonyl (C=O) groups is 1. The van der Waals surface area contributed by atoms with E-state index < -0.39 is 22.0 Å². The van der Waals surface area contributed by atoms with E-state index in [2.05, 4.69) is 6.08 Å². The van der Waals surface area contributed by atoms with E-state index in [9.17, 15) is 22.0 Å². The fraction of sp³-hybridized carbons (Fsp3) is 0.654. The first-order chi connectivity index (χ1) is 16.1. The van der Waals surface area contributed by atoms with Crippen LogP contribution in [0.1, 0.15) is 81.8 Å². The van der Waals surface area contributed by atoms with Crippen LogP contribution in [-0.4, -0.2) is 55.1 Å². The van der Waals surface area contributed by atoms with Crippen LogP contribution in [0.25, 0.3) is 5.57 Å². The van der Waals surface area contributed by atoms with Gasteiger partial charge in [-0.05, 0) is 75.5 Å². The zero-order chi connectivity index (χ0) is 24.5. The molecule has 0 bridgehead atoms. The number of amides is 1. The van der Waals surface area contributed by atoms with Crippen LogP contribution >= 0.6 is 0 Å². The number of hydrogen-bond acceptors (Lipinski definition) is 3. The van der Waals surface area contributed by atoms with E-state index in [1.165, 1.54) is 9.21 Å². The zero-order valence-corrected chi connectivity index (χ0v) is 21.0. The topological polar surface area (TPSA) is 57.7 Å². The van der Waals surface area contributed by atoms with Gasteiger partial charge < -0.3 is 4.90 Å². The normalized spacial score (nSPS) is 24.5. The van der Waals surface area contributed by atoms with Gasteiger partial charge in [0.25, 0.3) is 0 Å². The second-order valence-corrected chi connectivity index (χ2v) is 12.0. The van der Waals surface area contributed by atoms with Crippen LogP contribution in [0.3, 0.4) is 0 Å². The van der Waals surface area contributed by atoms with Crippen LogP contribution in [0.4, 0.5) is 8.78 Å². The summed E-state index contributed by atoms with van der Waals surface area (Å²) in [6, 6.07) is 4.39. The Morgan fingerprint density at radius 2 is 1.82 bits per heavy atom. The number of carbonyl (C=O) groups excluding carboxylic acids is 1. The number of hydrogen-bond donors (Lipinski definition) is 0. The average molecular weight is 495 g/mol. The minimum absolute atomic E-state index is 0.232. The lowest BCUT2D eigenvalue weighted by atomic mass is 9.91. The molecule has 8 heteroatoms. The molecular formula is C26H36F2N2O3S. The summed E-state index contributed by atoms with van der Waals surface area (Å²) in [6.45, 7) is 2.25. The second kappa shape index (κ2) is 10.1. The van der Waals surface area contributed by atoms with Crippen LogP contribution in [0, 0.1) is 6.92 Å². The average Bonchev–Trinajstić information content (AvgIpc) is 3.14. The Morgan fingerprint density at radius 1 is 1.09 bits per heavy atom. The Bertz CT molecular complexity index is 1040. The fourth-order valence-electron chi connectivity index (χ4n) is 5.61. The molecule has 1 saturated heterocycles. The maximum Gasteiger partial charge on any atom is 0.248 e. The molecule has 0 aromatic heterocycles. The molecule has 1 heterocycles. The predicted molar refractivity (Wildman–Crippen MR) is 129 cm³/mol. The number of aryl methyl sites for hydroxylation is 1. The van der Waals surface area contributed by atoms with Crippen molar-refractivity contribution in [3.8, 4) is 0 Å². The van der Waals surface area contributed by atoms with Gasteiger partial charge in [0.1, 0.15) is 6.04 Å². The summed E-state index contributed by atoms with van der Waals surface area (Å²) in [5.41, 5.74) is 2.83. The third-order valence-electron chi connectivity index (χ3n) is 7.68. The van der Waals surface area contributed by atoms with E-state index in [0.717, 1.165) is 48.8 Å². The predicted octanol–water partition coefficient (Wildman–Crippen LogP) is 5.53. The molecule has 1 saturated carbocycles. The number of likely N-dealkylation sites (N-methyl/N-ethyl adjacent to an activating group) is 1. The summed E-state index contributed by atoms with van der Waals surface area (Å²) < 4.78 is 56.4. The number of sulfonamides is 1. The van der Waals surface area contributed by atoms with Gasteiger partial charge in [0.15, 0.2) is 0 Å². The second-order valence-electron chi connectivity index (χ2n) is 10.1. The van der Waals surface area contributed by atoms with Crippen LogP contribution in [0.5, 0.6) is 0 Å². The summed E-state index contributed by atoms with van der Waals surface area (Å²) in [6.07, 6.45) is 8.32. The Balaban J connectivity index is 1.60. The van der Waals surface area contributed by atoms with E-state index in [-0.39, 0.29) is 42.5 Å². The van der Waals surface area contributed by atoms with E-state index in [1.807, 2.05) is 19.1 Å². The highest BCUT2D eigenvalue weighted by Gasteiger charge is 2.44. The highest BCUT2D eigenvalue weighted by Crippen LogP contribution is 2.37. The fourth-order valence-corrected chi connectivity index (χ4v) is 7.47. The molecule has 1 aromatic carbocycles. The molecule has 0 N–H and O–H groups in total. The molecule has 0 radical (unpaired) electrons. The van der Waals surface area contributed by atoms with E-state index in [0.29, 0.717) is 19.4 Å². The zero-order valence-electron chi connectivity index (χ0n) is 20.2. The largest absolute Gasteiger partial charge is 0.341 e. The molecule has 3 aliphatic rings. The molecule has 1 aliphatic heterocycles. The number of nitrogens with zero attached hydrogens (tertiary/aromatic N) is 2. The van der Waals surface area contributed by atoms with Crippen molar-refractivity contribution in [2.45, 2.75) is 100 Å². The number of benzene rings is 1. The molecule has 1 amide bonds. The molecule has 2 fully saturated rings. The van der Waals surface area contributed by atoms with Gasteiger partial charge in [-0.3, -0.25) is 4.79 Å². The van der Waals surface area contributed by atoms with Gasteiger partial charge in [-0.15, -0.1) is 0 Å². The van der Waals surface area contributed by atoms with Crippen molar-refractivity contribution in [3.05, 3.63) is 35.4 Å². The molecular weight excluding hydrogens is 458 g/mol. The Morgan fingerprint density at radius 3 is 2.56 bits per heavy atom. The van der Waals surface area contributed by atoms with Crippen molar-refractivity contribution in [2.75, 3.05) is 13.6 Å². The quantitative estimate of drug-likeness (QED) is 0.541. The van der Waals surface area contributed by atoms with Crippen molar-refractivity contribution in [3.63, 3.8) is 0 Å². The maximum absolute atomic E-state index is 13.9. The van der Waals surface area contributed by atoms with Gasteiger partial charge in [-0.1, -0.05) is 30.2 Å². The summed E-state index contributed by atoms with van der Waals surface area (Å²) >= 11 is 0. The number of allylic oxidation sites excluding steroid dienone is 2. The minimum Gasteiger partial charge on any atom is -0.341 e. The monoisotopic (exact) mass is 494 g/mol. The standard InChI is InChI=1S/C26H36F2N2O3S/c1-19-11-12-24(22(18-19)20-8-5-3-4-6-9-20)34(32,33)30-17-7-10-23(30)25(31)29(2)21-13-15-26(27,28)16-14-21/h8,11-12,18,21,23H,3-7,9-10,13-17H2,1-2H3/t23-/m0/s1. The molecule has 188 valence electrons. The third kappa shape index (κ3) is 5.23. The van der Waals surface area contributed by atoms with Crippen LogP contribution < -0.4 is 0 Å². The summed E-state index contributed by atoms with van der Waals surface area (Å²) in [5, 5.41) is 0. The molecule has 5 nitrogen and oxygen atoms in total. The minimum atomic E-state index is -3.90. The first-order valence-corrected chi connectivity index (χ1v) is 14.0. The van der Waals surface area contributed by atoms with E-state index in [1.54, 1.807) is 13.1 Å². The van der Waals surface area contributed by atoms with Gasteiger partial charge in [0, 0.05) is 32.5 Å². The molecule has 1 aromatic rings. The van der Waals surface area contributed by atoms with Crippen LogP contribution in [0.15, 0.2) is 29.2 Å². The molecule has 1 atom stereocenters. The Kier molecular flexibility index (Phi) is 7.48. The van der Waals surface area contributed by atoms with Crippen molar-refractivity contribution >= 4 is 21.5 Å². The highest BCUT2D eigenvalue weighted by molar-refractivity contribution is 7.89. The maximum atomic E-state index is 13.9. The third-order valence-corrected chi connectivity index (χ3v) is 9.65. The van der Waals surface area contributed by atoms with E-state index in [4.69, 9.17) is 0 Å². The van der Waals surface area contributed by atoms with Crippen LogP contribution in [-0.2, 0) is 14.8 Å². The Hall–Kier alpha value is -1.80. The van der Waals surface area contributed by atoms with Crippen LogP contribution in [0.2, 0.25) is 0 Å². The van der Waals surface area contributed by atoms with Gasteiger partial charge >= 0.3 is 0 Å². The summed E-state index contributed by atoms with van der Waals surface area (Å²) in [4.78, 5) is 15.2. The van der Waals surface area contributed by atoms with Gasteiger partial charge in [-0.2, -0.15) is 4.31 Å². The lowest BCUT2D eigenvalue weighted by Crippen LogP contribution is -2.50. The first-order valence-electron chi connectivity index (χ1n) is 12.6. The van der Waals surface area contributed by atoms with Gasteiger partial charge in [-0.25, -0.2) is 17.2 Å². The molecule has 0 spiro atoms. The van der Waals surface area contributed by atoms with Crippen molar-refractivity contribution < 1.29 is 22.0 Å². The lowest BCUT2D eigenvalue weighted by molar-refractivity contribution is -0.138. The SMILES string of the molecule is Cc1ccc(S(=O)(=O)N2CCC[C@H]2C(=O)N(C)C2CCC(F)(F)CC2)c(C2=CCCCCC2)c1. The van der Waals surface area contributed by atoms with Crippen molar-refractivity contribution in [1.82, 2.24) is 9.21 Å². The Labute approximate surface area is 202 Å². The summed E-state index contributed by atoms with van der Waals surface area (Å²) in [5.74, 6) is -2.95. The van der Waals surface area contributed by atoms with E-state index >= 15 is 0 Å². The molecule has 34 heavy (non-hydrogen) atoms. The van der Waals surface area contributed by atoms with Crippen molar-refractivity contribution in [1.29, 1.82) is 0 Å². The van der Waals surface area contributed by atoms with Gasteiger partial charge in [0.2, 0.25) is 21.9 Å². The highest BCUT2D eigenvalue weighted by atomic mass is 32.2. The number of halogens is 2. The molecule has 2 aliphatic carbocycles. The number of rotatable bonds is 5. The molecule has 4 rings (SSSR count). The van der Waals surface area contributed by atoms with Gasteiger partial charge in [0.05, 0.1) is 4.90 Å². The summed E-state index contributed by atoms with van der Waals surface area (Å²) in [7, 11) is -2.27. The lowest BCUT2D eigenvalue weighted by Gasteiger charge is -2.37. The smallest absolute Gasteiger partial charge is 0.248 e. The van der Waals surface area contributed by atoms with Crippen molar-refractivity contribution in [2.24, 2.45) is 0 Å². The first kappa shape index (κ1) is 25.3. The molecule has 0 unspecified atom stereocenters.